The van der Waals surface area contributed by atoms with Gasteiger partial charge in [0.1, 0.15) is 28.6 Å². The number of halogens is 10. The van der Waals surface area contributed by atoms with Crippen LogP contribution in [0.5, 0.6) is 0 Å². The first-order valence-corrected chi connectivity index (χ1v) is 7.32. The Morgan fingerprint density at radius 1 is 0.962 bits per heavy atom. The summed E-state index contributed by atoms with van der Waals surface area (Å²) in [5.74, 6) is -15.4. The summed E-state index contributed by atoms with van der Waals surface area (Å²) in [6, 6.07) is 0.864. The molecule has 0 saturated carbocycles. The Labute approximate surface area is 147 Å². The second-order valence-electron chi connectivity index (χ2n) is 5.16. The molecule has 1 heterocycles. The lowest BCUT2D eigenvalue weighted by Crippen LogP contribution is -2.61. The van der Waals surface area contributed by atoms with Gasteiger partial charge in [0.15, 0.2) is 0 Å². The average Bonchev–Trinajstić information content (AvgIpc) is 2.98. The highest BCUT2D eigenvalue weighted by Gasteiger charge is 2.79. The maximum absolute atomic E-state index is 14.5. The van der Waals surface area contributed by atoms with E-state index in [1.165, 1.54) is 0 Å². The molecular formula is C13H7BrF9N3. The van der Waals surface area contributed by atoms with Crippen LogP contribution in [0.3, 0.4) is 0 Å². The summed E-state index contributed by atoms with van der Waals surface area (Å²) in [5, 5.41) is 3.35. The summed E-state index contributed by atoms with van der Waals surface area (Å²) in [6.45, 7) is -1.37. The third-order valence-corrected chi connectivity index (χ3v) is 4.63. The van der Waals surface area contributed by atoms with Crippen LogP contribution in [0.15, 0.2) is 30.9 Å². The Kier molecular flexibility index (Phi) is 5.07. The Morgan fingerprint density at radius 2 is 1.58 bits per heavy atom. The predicted octanol–water partition coefficient (Wildman–Crippen LogP) is 4.68. The molecule has 13 heteroatoms. The lowest BCUT2D eigenvalue weighted by Gasteiger charge is -2.40. The van der Waals surface area contributed by atoms with Gasteiger partial charge in [-0.05, 0) is 6.07 Å². The Morgan fingerprint density at radius 3 is 2.04 bits per heavy atom. The number of hydrogen-bond donors (Lipinski definition) is 0. The van der Waals surface area contributed by atoms with Gasteiger partial charge in [0.25, 0.3) is 0 Å². The standard InChI is InChI=1S/C13H7BrF9N3/c14-10(4-26-6-24-5-25-26,8-2-1-7(15)3-9(8)16)11(17,18)12(19,20)13(21,22)23/h1-3,5-6H,4H2. The van der Waals surface area contributed by atoms with Gasteiger partial charge in [-0.1, -0.05) is 22.0 Å². The van der Waals surface area contributed by atoms with E-state index in [4.69, 9.17) is 0 Å². The molecule has 144 valence electrons. The van der Waals surface area contributed by atoms with E-state index < -0.39 is 46.1 Å². The van der Waals surface area contributed by atoms with E-state index in [9.17, 15) is 39.5 Å². The van der Waals surface area contributed by atoms with Crippen molar-refractivity contribution < 1.29 is 39.5 Å². The molecule has 0 saturated heterocycles. The maximum atomic E-state index is 14.5. The Bertz CT molecular complexity index is 776. The van der Waals surface area contributed by atoms with Gasteiger partial charge in [0, 0.05) is 11.6 Å². The number of rotatable bonds is 5. The van der Waals surface area contributed by atoms with Crippen LogP contribution in [0.4, 0.5) is 39.5 Å². The molecule has 1 aromatic carbocycles. The summed E-state index contributed by atoms with van der Waals surface area (Å²) >= 11 is 2.16. The van der Waals surface area contributed by atoms with Crippen molar-refractivity contribution in [3.8, 4) is 0 Å². The highest BCUT2D eigenvalue weighted by Crippen LogP contribution is 2.58. The van der Waals surface area contributed by atoms with E-state index in [-0.39, 0.29) is 6.07 Å². The zero-order valence-corrected chi connectivity index (χ0v) is 13.8. The van der Waals surface area contributed by atoms with Gasteiger partial charge >= 0.3 is 18.0 Å². The van der Waals surface area contributed by atoms with Crippen molar-refractivity contribution in [1.82, 2.24) is 14.8 Å². The Balaban J connectivity index is 2.71. The quantitative estimate of drug-likeness (QED) is 0.484. The zero-order chi connectivity index (χ0) is 20.0. The van der Waals surface area contributed by atoms with Gasteiger partial charge in [-0.25, -0.2) is 13.8 Å². The molecule has 0 aliphatic rings. The van der Waals surface area contributed by atoms with Gasteiger partial charge < -0.3 is 0 Å². The van der Waals surface area contributed by atoms with Crippen molar-refractivity contribution in [1.29, 1.82) is 0 Å². The molecule has 0 amide bonds. The van der Waals surface area contributed by atoms with E-state index >= 15 is 0 Å². The third-order valence-electron chi connectivity index (χ3n) is 3.45. The van der Waals surface area contributed by atoms with Crippen LogP contribution < -0.4 is 0 Å². The van der Waals surface area contributed by atoms with E-state index in [0.29, 0.717) is 16.8 Å². The van der Waals surface area contributed by atoms with Crippen molar-refractivity contribution in [3.05, 3.63) is 48.1 Å². The number of nitrogens with zero attached hydrogens (tertiary/aromatic N) is 3. The van der Waals surface area contributed by atoms with Gasteiger partial charge in [0.2, 0.25) is 0 Å². The molecule has 0 spiro atoms. The van der Waals surface area contributed by atoms with E-state index in [2.05, 4.69) is 26.0 Å². The normalized spacial score (nSPS) is 15.8. The Hall–Kier alpha value is -1.79. The monoisotopic (exact) mass is 455 g/mol. The molecule has 0 radical (unpaired) electrons. The number of hydrogen-bond acceptors (Lipinski definition) is 2. The molecule has 2 aromatic rings. The van der Waals surface area contributed by atoms with Gasteiger partial charge in [-0.15, -0.1) is 0 Å². The van der Waals surface area contributed by atoms with E-state index in [0.717, 1.165) is 12.7 Å². The first kappa shape index (κ1) is 20.5. The summed E-state index contributed by atoms with van der Waals surface area (Å²) in [6.07, 6.45) is -5.10. The minimum Gasteiger partial charge on any atom is -0.251 e. The van der Waals surface area contributed by atoms with Crippen LogP contribution in [-0.4, -0.2) is 32.8 Å². The number of benzene rings is 1. The molecule has 0 aliphatic carbocycles. The van der Waals surface area contributed by atoms with Crippen LogP contribution >= 0.6 is 15.9 Å². The van der Waals surface area contributed by atoms with Crippen molar-refractivity contribution in [3.63, 3.8) is 0 Å². The lowest BCUT2D eigenvalue weighted by molar-refractivity contribution is -0.363. The van der Waals surface area contributed by atoms with Crippen molar-refractivity contribution >= 4 is 15.9 Å². The fraction of sp³-hybridized carbons (Fsp3) is 0.385. The molecule has 2 rings (SSSR count). The molecule has 0 N–H and O–H groups in total. The van der Waals surface area contributed by atoms with Crippen LogP contribution in [0, 0.1) is 11.6 Å². The molecule has 0 fully saturated rings. The molecule has 0 aliphatic heterocycles. The number of aromatic nitrogens is 3. The lowest BCUT2D eigenvalue weighted by atomic mass is 9.87. The molecule has 3 nitrogen and oxygen atoms in total. The number of alkyl halides is 8. The van der Waals surface area contributed by atoms with E-state index in [1.54, 1.807) is 0 Å². The van der Waals surface area contributed by atoms with Crippen LogP contribution in [0.25, 0.3) is 0 Å². The van der Waals surface area contributed by atoms with Crippen LogP contribution in [0.2, 0.25) is 0 Å². The van der Waals surface area contributed by atoms with Gasteiger partial charge in [0.05, 0.1) is 6.54 Å². The van der Waals surface area contributed by atoms with Crippen LogP contribution in [0.1, 0.15) is 5.56 Å². The smallest absolute Gasteiger partial charge is 0.251 e. The summed E-state index contributed by atoms with van der Waals surface area (Å²) in [4.78, 5) is 3.35. The van der Waals surface area contributed by atoms with Gasteiger partial charge in [-0.2, -0.15) is 35.8 Å². The molecular weight excluding hydrogens is 449 g/mol. The second kappa shape index (κ2) is 6.43. The summed E-state index contributed by atoms with van der Waals surface area (Å²) in [7, 11) is 0. The second-order valence-corrected chi connectivity index (χ2v) is 6.52. The van der Waals surface area contributed by atoms with Crippen LogP contribution in [-0.2, 0) is 10.9 Å². The fourth-order valence-corrected chi connectivity index (χ4v) is 2.96. The minimum atomic E-state index is -6.64. The first-order chi connectivity index (χ1) is 11.7. The van der Waals surface area contributed by atoms with Crippen molar-refractivity contribution in [2.45, 2.75) is 28.9 Å². The van der Waals surface area contributed by atoms with Crippen molar-refractivity contribution in [2.24, 2.45) is 0 Å². The zero-order valence-electron chi connectivity index (χ0n) is 12.2. The third kappa shape index (κ3) is 3.16. The van der Waals surface area contributed by atoms with E-state index in [1.807, 2.05) is 0 Å². The summed E-state index contributed by atoms with van der Waals surface area (Å²) < 4.78 is 118. The molecule has 1 atom stereocenters. The topological polar surface area (TPSA) is 30.7 Å². The minimum absolute atomic E-state index is 0.0779. The molecule has 0 bridgehead atoms. The fourth-order valence-electron chi connectivity index (χ4n) is 2.13. The predicted molar refractivity (Wildman–Crippen MR) is 72.9 cm³/mol. The first-order valence-electron chi connectivity index (χ1n) is 6.53. The van der Waals surface area contributed by atoms with Gasteiger partial charge in [-0.3, -0.25) is 4.68 Å². The van der Waals surface area contributed by atoms with Crippen molar-refractivity contribution in [2.75, 3.05) is 0 Å². The molecule has 1 unspecified atom stereocenters. The highest BCUT2D eigenvalue weighted by atomic mass is 79.9. The maximum Gasteiger partial charge on any atom is 0.459 e. The molecule has 26 heavy (non-hydrogen) atoms. The summed E-state index contributed by atoms with van der Waals surface area (Å²) in [5.41, 5.74) is -1.32. The molecule has 1 aromatic heterocycles. The SMILES string of the molecule is Fc1ccc(C(Br)(Cn2cncn2)C(F)(F)C(F)(F)C(F)(F)F)c(F)c1. The average molecular weight is 456 g/mol. The largest absolute Gasteiger partial charge is 0.459 e. The highest BCUT2D eigenvalue weighted by molar-refractivity contribution is 9.09.